The fraction of sp³-hybridized carbons (Fsp3) is 0.273. The minimum absolute atomic E-state index is 0.160. The molecule has 0 bridgehead atoms. The summed E-state index contributed by atoms with van der Waals surface area (Å²) in [5.74, 6) is -0.459. The average Bonchev–Trinajstić information content (AvgIpc) is 3.27. The number of rotatable bonds is 4. The van der Waals surface area contributed by atoms with E-state index >= 15 is 0 Å². The zero-order valence-electron chi connectivity index (χ0n) is 17.0. The van der Waals surface area contributed by atoms with Gasteiger partial charge in [-0.05, 0) is 56.2 Å². The third kappa shape index (κ3) is 5.24. The quantitative estimate of drug-likeness (QED) is 0.620. The molecule has 9 heteroatoms. The Labute approximate surface area is 183 Å². The molecule has 0 spiro atoms. The lowest BCUT2D eigenvalue weighted by atomic mass is 9.98. The number of aromatic nitrogens is 2. The minimum Gasteiger partial charge on any atom is -0.324 e. The van der Waals surface area contributed by atoms with Gasteiger partial charge < -0.3 is 15.5 Å². The topological polar surface area (TPSA) is 87.2 Å². The van der Waals surface area contributed by atoms with Gasteiger partial charge in [-0.2, -0.15) is 0 Å². The van der Waals surface area contributed by atoms with Gasteiger partial charge in [0.25, 0.3) is 5.91 Å². The number of carbonyl (C=O) groups excluding carboxylic acids is 2. The van der Waals surface area contributed by atoms with E-state index in [1.165, 1.54) is 35.6 Å². The van der Waals surface area contributed by atoms with Crippen molar-refractivity contribution in [3.05, 3.63) is 69.9 Å². The molecule has 160 valence electrons. The van der Waals surface area contributed by atoms with Crippen LogP contribution in [0, 0.1) is 12.7 Å². The van der Waals surface area contributed by atoms with E-state index in [4.69, 9.17) is 0 Å². The maximum absolute atomic E-state index is 13.0. The normalized spacial score (nSPS) is 14.3. The fourth-order valence-electron chi connectivity index (χ4n) is 3.38. The number of piperidine rings is 1. The first kappa shape index (κ1) is 20.9. The molecule has 1 aromatic heterocycles. The van der Waals surface area contributed by atoms with Crippen molar-refractivity contribution in [1.82, 2.24) is 15.1 Å². The van der Waals surface area contributed by atoms with Crippen LogP contribution in [0.5, 0.6) is 0 Å². The predicted molar refractivity (Wildman–Crippen MR) is 118 cm³/mol. The van der Waals surface area contributed by atoms with Gasteiger partial charge in [0.2, 0.25) is 5.01 Å². The molecule has 0 radical (unpaired) electrons. The Kier molecular flexibility index (Phi) is 6.22. The molecule has 1 fully saturated rings. The number of urea groups is 1. The van der Waals surface area contributed by atoms with E-state index in [1.54, 1.807) is 4.90 Å². The van der Waals surface area contributed by atoms with Crippen molar-refractivity contribution in [1.29, 1.82) is 0 Å². The van der Waals surface area contributed by atoms with E-state index in [1.807, 2.05) is 31.2 Å². The Hall–Kier alpha value is -3.33. The van der Waals surface area contributed by atoms with Crippen LogP contribution in [0.4, 0.5) is 20.6 Å². The lowest BCUT2D eigenvalue weighted by Crippen LogP contribution is -2.40. The standard InChI is InChI=1S/C22H22FN5O2S/c1-14-2-6-17(7-3-14)24-19(29)21-27-26-20(31-21)15-10-12-28(13-11-15)22(30)25-18-8-4-16(23)5-9-18/h2-9,15H,10-13H2,1H3,(H,24,29)(H,25,30). The Morgan fingerprint density at radius 2 is 1.58 bits per heavy atom. The van der Waals surface area contributed by atoms with Crippen molar-refractivity contribution < 1.29 is 14.0 Å². The average molecular weight is 440 g/mol. The largest absolute Gasteiger partial charge is 0.324 e. The number of amides is 3. The molecule has 3 aromatic rings. The van der Waals surface area contributed by atoms with Gasteiger partial charge in [-0.3, -0.25) is 4.79 Å². The molecule has 7 nitrogen and oxygen atoms in total. The van der Waals surface area contributed by atoms with Gasteiger partial charge >= 0.3 is 6.03 Å². The van der Waals surface area contributed by atoms with Crippen LogP contribution < -0.4 is 10.6 Å². The number of anilines is 2. The fourth-order valence-corrected chi connectivity index (χ4v) is 4.29. The van der Waals surface area contributed by atoms with Crippen molar-refractivity contribution in [3.63, 3.8) is 0 Å². The SMILES string of the molecule is Cc1ccc(NC(=O)c2nnc(C3CCN(C(=O)Nc4ccc(F)cc4)CC3)s2)cc1. The number of hydrogen-bond acceptors (Lipinski definition) is 5. The summed E-state index contributed by atoms with van der Waals surface area (Å²) in [7, 11) is 0. The van der Waals surface area contributed by atoms with Gasteiger partial charge in [0.15, 0.2) is 0 Å². The van der Waals surface area contributed by atoms with Crippen molar-refractivity contribution in [2.24, 2.45) is 0 Å². The van der Waals surface area contributed by atoms with Gasteiger partial charge in [-0.25, -0.2) is 9.18 Å². The molecule has 2 heterocycles. The van der Waals surface area contributed by atoms with Crippen LogP contribution in [-0.2, 0) is 0 Å². The number of nitrogens with one attached hydrogen (secondary N) is 2. The maximum Gasteiger partial charge on any atom is 0.321 e. The molecule has 31 heavy (non-hydrogen) atoms. The number of hydrogen-bond donors (Lipinski definition) is 2. The molecule has 0 saturated carbocycles. The maximum atomic E-state index is 13.0. The van der Waals surface area contributed by atoms with E-state index in [9.17, 15) is 14.0 Å². The van der Waals surface area contributed by atoms with E-state index in [0.29, 0.717) is 29.5 Å². The highest BCUT2D eigenvalue weighted by molar-refractivity contribution is 7.13. The van der Waals surface area contributed by atoms with Crippen LogP contribution in [0.2, 0.25) is 0 Å². The lowest BCUT2D eigenvalue weighted by molar-refractivity contribution is 0.102. The minimum atomic E-state index is -0.345. The molecule has 0 aliphatic carbocycles. The summed E-state index contributed by atoms with van der Waals surface area (Å²) in [4.78, 5) is 26.6. The van der Waals surface area contributed by atoms with Crippen molar-refractivity contribution >= 4 is 34.6 Å². The Bertz CT molecular complexity index is 1060. The zero-order chi connectivity index (χ0) is 21.8. The molecule has 0 unspecified atom stereocenters. The first-order chi connectivity index (χ1) is 15.0. The van der Waals surface area contributed by atoms with Crippen LogP contribution in [0.25, 0.3) is 0 Å². The van der Waals surface area contributed by atoms with Crippen molar-refractivity contribution in [2.75, 3.05) is 23.7 Å². The highest BCUT2D eigenvalue weighted by Gasteiger charge is 2.27. The van der Waals surface area contributed by atoms with E-state index < -0.39 is 0 Å². The summed E-state index contributed by atoms with van der Waals surface area (Å²) in [5, 5.41) is 15.0. The molecule has 4 rings (SSSR count). The molecule has 2 N–H and O–H groups in total. The highest BCUT2D eigenvalue weighted by Crippen LogP contribution is 2.30. The van der Waals surface area contributed by atoms with Gasteiger partial charge in [-0.15, -0.1) is 10.2 Å². The van der Waals surface area contributed by atoms with E-state index in [0.717, 1.165) is 23.4 Å². The summed E-state index contributed by atoms with van der Waals surface area (Å²) < 4.78 is 13.0. The van der Waals surface area contributed by atoms with Crippen LogP contribution in [0.15, 0.2) is 48.5 Å². The second-order valence-corrected chi connectivity index (χ2v) is 8.47. The molecule has 1 saturated heterocycles. The summed E-state index contributed by atoms with van der Waals surface area (Å²) >= 11 is 1.29. The Balaban J connectivity index is 1.30. The third-order valence-electron chi connectivity index (χ3n) is 5.17. The Morgan fingerprint density at radius 3 is 2.26 bits per heavy atom. The molecule has 3 amide bonds. The first-order valence-electron chi connectivity index (χ1n) is 10.0. The van der Waals surface area contributed by atoms with Gasteiger partial charge in [0.05, 0.1) is 0 Å². The van der Waals surface area contributed by atoms with Gasteiger partial charge in [0, 0.05) is 30.4 Å². The summed E-state index contributed by atoms with van der Waals surface area (Å²) in [5.41, 5.74) is 2.39. The van der Waals surface area contributed by atoms with Crippen molar-refractivity contribution in [2.45, 2.75) is 25.7 Å². The van der Waals surface area contributed by atoms with E-state index in [-0.39, 0.29) is 23.7 Å². The van der Waals surface area contributed by atoms with Gasteiger partial charge in [0.1, 0.15) is 10.8 Å². The zero-order valence-corrected chi connectivity index (χ0v) is 17.8. The predicted octanol–water partition coefficient (Wildman–Crippen LogP) is 4.65. The number of benzene rings is 2. The van der Waals surface area contributed by atoms with Crippen LogP contribution in [0.1, 0.15) is 39.1 Å². The smallest absolute Gasteiger partial charge is 0.321 e. The lowest BCUT2D eigenvalue weighted by Gasteiger charge is -2.30. The number of nitrogens with zero attached hydrogens (tertiary/aromatic N) is 3. The first-order valence-corrected chi connectivity index (χ1v) is 10.8. The highest BCUT2D eigenvalue weighted by atomic mass is 32.1. The Morgan fingerprint density at radius 1 is 0.968 bits per heavy atom. The molecular formula is C22H22FN5O2S. The number of likely N-dealkylation sites (tertiary alicyclic amines) is 1. The summed E-state index contributed by atoms with van der Waals surface area (Å²) in [6.07, 6.45) is 1.48. The summed E-state index contributed by atoms with van der Waals surface area (Å²) in [6, 6.07) is 13.0. The molecule has 1 aliphatic rings. The van der Waals surface area contributed by atoms with Crippen LogP contribution in [0.3, 0.4) is 0 Å². The van der Waals surface area contributed by atoms with Crippen LogP contribution >= 0.6 is 11.3 Å². The molecule has 2 aromatic carbocycles. The third-order valence-corrected chi connectivity index (χ3v) is 6.26. The number of halogens is 1. The molecule has 0 atom stereocenters. The number of carbonyl (C=O) groups is 2. The van der Waals surface area contributed by atoms with Crippen molar-refractivity contribution in [3.8, 4) is 0 Å². The monoisotopic (exact) mass is 439 g/mol. The second-order valence-electron chi connectivity index (χ2n) is 7.46. The van der Waals surface area contributed by atoms with Crippen LogP contribution in [-0.4, -0.2) is 40.1 Å². The van der Waals surface area contributed by atoms with Gasteiger partial charge in [-0.1, -0.05) is 29.0 Å². The molecule has 1 aliphatic heterocycles. The number of aryl methyl sites for hydroxylation is 1. The summed E-state index contributed by atoms with van der Waals surface area (Å²) in [6.45, 7) is 3.13. The van der Waals surface area contributed by atoms with E-state index in [2.05, 4.69) is 20.8 Å². The molecular weight excluding hydrogens is 417 g/mol. The second kappa shape index (κ2) is 9.22.